The van der Waals surface area contributed by atoms with E-state index in [9.17, 15) is 0 Å². The van der Waals surface area contributed by atoms with Crippen molar-refractivity contribution in [3.05, 3.63) is 51.1 Å². The molecule has 0 saturated heterocycles. The summed E-state index contributed by atoms with van der Waals surface area (Å²) in [5.41, 5.74) is 0. The molecule has 0 aliphatic carbocycles. The highest BCUT2D eigenvalue weighted by molar-refractivity contribution is 9.10. The normalized spacial score (nSPS) is 12.6. The third kappa shape index (κ3) is 4.34. The SMILES string of the molecule is CC(c1cccs1)N(C)CCOc1cccc(Br)c1. The number of rotatable bonds is 6. The number of likely N-dealkylation sites (N-methyl/N-ethyl adjacent to an activating group) is 1. The molecule has 1 unspecified atom stereocenters. The first-order valence-corrected chi connectivity index (χ1v) is 7.96. The van der Waals surface area contributed by atoms with Crippen molar-refractivity contribution in [2.45, 2.75) is 13.0 Å². The third-order valence-electron chi connectivity index (χ3n) is 3.12. The van der Waals surface area contributed by atoms with Crippen molar-refractivity contribution in [2.75, 3.05) is 20.2 Å². The van der Waals surface area contributed by atoms with Crippen molar-refractivity contribution in [2.24, 2.45) is 0 Å². The quantitative estimate of drug-likeness (QED) is 0.763. The molecule has 0 bridgehead atoms. The number of nitrogens with zero attached hydrogens (tertiary/aromatic N) is 1. The van der Waals surface area contributed by atoms with E-state index in [1.54, 1.807) is 11.3 Å². The Morgan fingerprint density at radius 2 is 2.16 bits per heavy atom. The summed E-state index contributed by atoms with van der Waals surface area (Å²) in [7, 11) is 2.13. The lowest BCUT2D eigenvalue weighted by atomic mass is 10.2. The molecule has 102 valence electrons. The summed E-state index contributed by atoms with van der Waals surface area (Å²) in [4.78, 5) is 3.70. The van der Waals surface area contributed by atoms with Crippen LogP contribution in [0.25, 0.3) is 0 Å². The molecule has 0 spiro atoms. The molecule has 0 aliphatic rings. The minimum absolute atomic E-state index is 0.436. The van der Waals surface area contributed by atoms with Gasteiger partial charge in [0, 0.05) is 21.9 Å². The maximum Gasteiger partial charge on any atom is 0.120 e. The number of hydrogen-bond acceptors (Lipinski definition) is 3. The molecular formula is C15H18BrNOS. The first kappa shape index (κ1) is 14.6. The molecule has 0 radical (unpaired) electrons. The molecule has 0 N–H and O–H groups in total. The largest absolute Gasteiger partial charge is 0.492 e. The Morgan fingerprint density at radius 3 is 2.84 bits per heavy atom. The van der Waals surface area contributed by atoms with E-state index in [1.807, 2.05) is 24.3 Å². The fourth-order valence-electron chi connectivity index (χ4n) is 1.80. The first-order valence-electron chi connectivity index (χ1n) is 6.29. The van der Waals surface area contributed by atoms with Gasteiger partial charge in [-0.15, -0.1) is 11.3 Å². The van der Waals surface area contributed by atoms with Crippen LogP contribution in [0.4, 0.5) is 0 Å². The Labute approximate surface area is 127 Å². The second kappa shape index (κ2) is 7.08. The Hall–Kier alpha value is -0.840. The zero-order valence-electron chi connectivity index (χ0n) is 11.2. The minimum atomic E-state index is 0.436. The molecule has 1 atom stereocenters. The smallest absolute Gasteiger partial charge is 0.120 e. The monoisotopic (exact) mass is 339 g/mol. The van der Waals surface area contributed by atoms with Crippen molar-refractivity contribution in [1.82, 2.24) is 4.90 Å². The van der Waals surface area contributed by atoms with Crippen LogP contribution in [0, 0.1) is 0 Å². The van der Waals surface area contributed by atoms with Crippen molar-refractivity contribution >= 4 is 27.3 Å². The predicted octanol–water partition coefficient (Wildman–Crippen LogP) is 4.58. The van der Waals surface area contributed by atoms with Crippen molar-refractivity contribution in [1.29, 1.82) is 0 Å². The van der Waals surface area contributed by atoms with Crippen LogP contribution in [-0.2, 0) is 0 Å². The van der Waals surface area contributed by atoms with E-state index in [0.29, 0.717) is 12.6 Å². The van der Waals surface area contributed by atoms with Gasteiger partial charge in [-0.2, -0.15) is 0 Å². The molecule has 2 nitrogen and oxygen atoms in total. The summed E-state index contributed by atoms with van der Waals surface area (Å²) in [5, 5.41) is 2.12. The molecule has 2 aromatic rings. The molecule has 4 heteroatoms. The zero-order chi connectivity index (χ0) is 13.7. The molecule has 1 heterocycles. The van der Waals surface area contributed by atoms with Gasteiger partial charge in [-0.3, -0.25) is 4.90 Å². The fourth-order valence-corrected chi connectivity index (χ4v) is 3.03. The second-order valence-corrected chi connectivity index (χ2v) is 6.37. The van der Waals surface area contributed by atoms with E-state index < -0.39 is 0 Å². The van der Waals surface area contributed by atoms with Gasteiger partial charge in [0.1, 0.15) is 12.4 Å². The van der Waals surface area contributed by atoms with E-state index >= 15 is 0 Å². The topological polar surface area (TPSA) is 12.5 Å². The van der Waals surface area contributed by atoms with Crippen LogP contribution in [0.1, 0.15) is 17.8 Å². The Bertz CT molecular complexity index is 501. The summed E-state index contributed by atoms with van der Waals surface area (Å²) in [6.45, 7) is 3.83. The van der Waals surface area contributed by atoms with Crippen molar-refractivity contribution < 1.29 is 4.74 Å². The third-order valence-corrected chi connectivity index (χ3v) is 4.66. The summed E-state index contributed by atoms with van der Waals surface area (Å²) in [6.07, 6.45) is 0. The van der Waals surface area contributed by atoms with Gasteiger partial charge in [0.15, 0.2) is 0 Å². The van der Waals surface area contributed by atoms with Crippen molar-refractivity contribution in [3.63, 3.8) is 0 Å². The molecule has 1 aromatic heterocycles. The minimum Gasteiger partial charge on any atom is -0.492 e. The van der Waals surface area contributed by atoms with Crippen LogP contribution in [0.2, 0.25) is 0 Å². The van der Waals surface area contributed by atoms with Crippen LogP contribution in [0.15, 0.2) is 46.3 Å². The maximum absolute atomic E-state index is 5.76. The number of thiophene rings is 1. The lowest BCUT2D eigenvalue weighted by Crippen LogP contribution is -2.26. The molecule has 0 aliphatic heterocycles. The first-order chi connectivity index (χ1) is 9.16. The van der Waals surface area contributed by atoms with Gasteiger partial charge in [0.25, 0.3) is 0 Å². The van der Waals surface area contributed by atoms with Gasteiger partial charge in [-0.05, 0) is 43.6 Å². The summed E-state index contributed by atoms with van der Waals surface area (Å²) < 4.78 is 6.80. The highest BCUT2D eigenvalue weighted by atomic mass is 79.9. The van der Waals surface area contributed by atoms with E-state index in [-0.39, 0.29) is 0 Å². The predicted molar refractivity (Wildman–Crippen MR) is 85.0 cm³/mol. The van der Waals surface area contributed by atoms with E-state index in [2.05, 4.69) is 52.3 Å². The van der Waals surface area contributed by atoms with E-state index in [4.69, 9.17) is 4.74 Å². The standard InChI is InChI=1S/C15H18BrNOS/c1-12(15-7-4-10-19-15)17(2)8-9-18-14-6-3-5-13(16)11-14/h3-7,10-12H,8-9H2,1-2H3. The van der Waals surface area contributed by atoms with Crippen molar-refractivity contribution in [3.8, 4) is 5.75 Å². The van der Waals surface area contributed by atoms with Gasteiger partial charge in [-0.1, -0.05) is 28.1 Å². The van der Waals surface area contributed by atoms with Gasteiger partial charge in [-0.25, -0.2) is 0 Å². The maximum atomic E-state index is 5.76. The highest BCUT2D eigenvalue weighted by Gasteiger charge is 2.12. The van der Waals surface area contributed by atoms with Crippen LogP contribution >= 0.6 is 27.3 Å². The molecular weight excluding hydrogens is 322 g/mol. The Morgan fingerprint density at radius 1 is 1.32 bits per heavy atom. The zero-order valence-corrected chi connectivity index (χ0v) is 13.6. The lowest BCUT2D eigenvalue weighted by Gasteiger charge is -2.23. The lowest BCUT2D eigenvalue weighted by molar-refractivity contribution is 0.202. The number of halogens is 1. The number of hydrogen-bond donors (Lipinski definition) is 0. The summed E-state index contributed by atoms with van der Waals surface area (Å²) >= 11 is 5.25. The average molecular weight is 340 g/mol. The number of benzene rings is 1. The number of ether oxygens (including phenoxy) is 1. The molecule has 0 saturated carbocycles. The summed E-state index contributed by atoms with van der Waals surface area (Å²) in [5.74, 6) is 0.909. The average Bonchev–Trinajstić information content (AvgIpc) is 2.91. The van der Waals surface area contributed by atoms with E-state index in [1.165, 1.54) is 4.88 Å². The molecule has 0 amide bonds. The Balaban J connectivity index is 1.79. The van der Waals surface area contributed by atoms with Gasteiger partial charge in [0.05, 0.1) is 0 Å². The van der Waals surface area contributed by atoms with Gasteiger partial charge < -0.3 is 4.74 Å². The summed E-state index contributed by atoms with van der Waals surface area (Å²) in [6, 6.07) is 12.7. The van der Waals surface area contributed by atoms with Crippen LogP contribution in [0.5, 0.6) is 5.75 Å². The van der Waals surface area contributed by atoms with Crippen LogP contribution in [-0.4, -0.2) is 25.1 Å². The highest BCUT2D eigenvalue weighted by Crippen LogP contribution is 2.23. The van der Waals surface area contributed by atoms with Crippen LogP contribution < -0.4 is 4.74 Å². The van der Waals surface area contributed by atoms with Gasteiger partial charge >= 0.3 is 0 Å². The molecule has 2 rings (SSSR count). The van der Waals surface area contributed by atoms with Gasteiger partial charge in [0.2, 0.25) is 0 Å². The van der Waals surface area contributed by atoms with Crippen LogP contribution in [0.3, 0.4) is 0 Å². The second-order valence-electron chi connectivity index (χ2n) is 4.48. The fraction of sp³-hybridized carbons (Fsp3) is 0.333. The molecule has 0 fully saturated rings. The van der Waals surface area contributed by atoms with E-state index in [0.717, 1.165) is 16.8 Å². The molecule has 1 aromatic carbocycles. The molecule has 19 heavy (non-hydrogen) atoms. The Kier molecular flexibility index (Phi) is 5.43.